The Labute approximate surface area is 163 Å². The molecule has 28 heavy (non-hydrogen) atoms. The first-order valence-corrected chi connectivity index (χ1v) is 11.2. The van der Waals surface area contributed by atoms with Crippen molar-refractivity contribution in [3.05, 3.63) is 30.1 Å². The summed E-state index contributed by atoms with van der Waals surface area (Å²) >= 11 is 0. The summed E-state index contributed by atoms with van der Waals surface area (Å²) in [5, 5.41) is 6.89. The van der Waals surface area contributed by atoms with Crippen LogP contribution in [-0.2, 0) is 10.0 Å². The standard InChI is InChI=1S/C18H23N5O4S/c1-28(25,26)22-15-6-3-9-23(11-15)18(24)19-14-5-2-4-13(10-14)17-20-16(21-27-17)12-7-8-12/h2,4-5,10,12,15,22H,3,6-9,11H2,1H3,(H,19,24)/t15-/m0/s1. The number of piperidine rings is 1. The summed E-state index contributed by atoms with van der Waals surface area (Å²) in [7, 11) is -3.30. The van der Waals surface area contributed by atoms with Crippen molar-refractivity contribution in [1.29, 1.82) is 0 Å². The van der Waals surface area contributed by atoms with Crippen LogP contribution in [-0.4, -0.2) is 54.9 Å². The monoisotopic (exact) mass is 405 g/mol. The minimum absolute atomic E-state index is 0.263. The molecule has 9 nitrogen and oxygen atoms in total. The third-order valence-electron chi connectivity index (χ3n) is 4.83. The van der Waals surface area contributed by atoms with Gasteiger partial charge in [-0.2, -0.15) is 4.98 Å². The van der Waals surface area contributed by atoms with Gasteiger partial charge in [-0.05, 0) is 43.9 Å². The van der Waals surface area contributed by atoms with E-state index in [1.807, 2.05) is 12.1 Å². The van der Waals surface area contributed by atoms with E-state index in [9.17, 15) is 13.2 Å². The van der Waals surface area contributed by atoms with Gasteiger partial charge in [-0.1, -0.05) is 11.2 Å². The van der Waals surface area contributed by atoms with Gasteiger partial charge in [0, 0.05) is 36.3 Å². The predicted octanol–water partition coefficient (Wildman–Crippen LogP) is 2.16. The molecule has 2 aromatic rings. The van der Waals surface area contributed by atoms with E-state index in [1.54, 1.807) is 17.0 Å². The molecule has 2 fully saturated rings. The number of hydrogen-bond acceptors (Lipinski definition) is 6. The van der Waals surface area contributed by atoms with Crippen LogP contribution in [0.2, 0.25) is 0 Å². The topological polar surface area (TPSA) is 117 Å². The number of sulfonamides is 1. The molecule has 150 valence electrons. The van der Waals surface area contributed by atoms with Crippen LogP contribution in [0.3, 0.4) is 0 Å². The third kappa shape index (κ3) is 4.68. The smallest absolute Gasteiger partial charge is 0.321 e. The number of hydrogen-bond donors (Lipinski definition) is 2. The zero-order valence-electron chi connectivity index (χ0n) is 15.6. The first-order chi connectivity index (χ1) is 13.4. The number of urea groups is 1. The maximum atomic E-state index is 12.6. The number of amides is 2. The Balaban J connectivity index is 1.41. The average Bonchev–Trinajstić information content (AvgIpc) is 3.37. The number of aromatic nitrogens is 2. The molecule has 0 radical (unpaired) electrons. The summed E-state index contributed by atoms with van der Waals surface area (Å²) < 4.78 is 30.8. The second-order valence-electron chi connectivity index (χ2n) is 7.42. The van der Waals surface area contributed by atoms with Gasteiger partial charge in [0.15, 0.2) is 5.82 Å². The summed E-state index contributed by atoms with van der Waals surface area (Å²) in [6, 6.07) is 6.72. The van der Waals surface area contributed by atoms with Crippen LogP contribution in [0.1, 0.15) is 37.4 Å². The van der Waals surface area contributed by atoms with Crippen LogP contribution in [0.4, 0.5) is 10.5 Å². The van der Waals surface area contributed by atoms with E-state index in [-0.39, 0.29) is 12.1 Å². The Morgan fingerprint density at radius 1 is 1.29 bits per heavy atom. The molecule has 1 saturated heterocycles. The molecule has 1 saturated carbocycles. The number of anilines is 1. The lowest BCUT2D eigenvalue weighted by Crippen LogP contribution is -2.50. The molecule has 2 amide bonds. The molecule has 0 unspecified atom stereocenters. The highest BCUT2D eigenvalue weighted by Gasteiger charge is 2.29. The van der Waals surface area contributed by atoms with Crippen molar-refractivity contribution in [3.63, 3.8) is 0 Å². The maximum Gasteiger partial charge on any atom is 0.321 e. The van der Waals surface area contributed by atoms with Gasteiger partial charge in [-0.15, -0.1) is 0 Å². The van der Waals surface area contributed by atoms with Crippen LogP contribution in [0.15, 0.2) is 28.8 Å². The molecule has 2 N–H and O–H groups in total. The summed E-state index contributed by atoms with van der Waals surface area (Å²) in [6.07, 6.45) is 4.78. The van der Waals surface area contributed by atoms with Crippen molar-refractivity contribution in [2.45, 2.75) is 37.6 Å². The lowest BCUT2D eigenvalue weighted by molar-refractivity contribution is 0.190. The minimum Gasteiger partial charge on any atom is -0.334 e. The summed E-state index contributed by atoms with van der Waals surface area (Å²) in [5.74, 6) is 1.59. The number of nitrogens with one attached hydrogen (secondary N) is 2. The van der Waals surface area contributed by atoms with Gasteiger partial charge in [0.2, 0.25) is 10.0 Å². The first kappa shape index (κ1) is 18.9. The maximum absolute atomic E-state index is 12.6. The van der Waals surface area contributed by atoms with Gasteiger partial charge in [-0.25, -0.2) is 17.9 Å². The molecule has 4 rings (SSSR count). The molecular weight excluding hydrogens is 382 g/mol. The Bertz CT molecular complexity index is 970. The largest absolute Gasteiger partial charge is 0.334 e. The molecule has 1 aliphatic heterocycles. The number of nitrogens with zero attached hydrogens (tertiary/aromatic N) is 3. The SMILES string of the molecule is CS(=O)(=O)N[C@H]1CCCN(C(=O)Nc2cccc(-c3nc(C4CC4)no3)c2)C1. The number of benzene rings is 1. The summed E-state index contributed by atoms with van der Waals surface area (Å²) in [4.78, 5) is 18.7. The average molecular weight is 405 g/mol. The van der Waals surface area contributed by atoms with E-state index in [2.05, 4.69) is 20.2 Å². The molecule has 1 aliphatic carbocycles. The van der Waals surface area contributed by atoms with E-state index >= 15 is 0 Å². The van der Waals surface area contributed by atoms with Crippen molar-refractivity contribution in [1.82, 2.24) is 19.8 Å². The Morgan fingerprint density at radius 3 is 2.86 bits per heavy atom. The van der Waals surface area contributed by atoms with Crippen molar-refractivity contribution >= 4 is 21.7 Å². The lowest BCUT2D eigenvalue weighted by atomic mass is 10.1. The van der Waals surface area contributed by atoms with Gasteiger partial charge >= 0.3 is 6.03 Å². The van der Waals surface area contributed by atoms with Gasteiger partial charge in [-0.3, -0.25) is 0 Å². The van der Waals surface area contributed by atoms with E-state index in [1.165, 1.54) is 0 Å². The predicted molar refractivity (Wildman–Crippen MR) is 103 cm³/mol. The van der Waals surface area contributed by atoms with Crippen LogP contribution in [0.5, 0.6) is 0 Å². The highest BCUT2D eigenvalue weighted by atomic mass is 32.2. The molecule has 10 heteroatoms. The second-order valence-corrected chi connectivity index (χ2v) is 9.20. The van der Waals surface area contributed by atoms with Crippen LogP contribution in [0, 0.1) is 0 Å². The van der Waals surface area contributed by atoms with Crippen LogP contribution in [0.25, 0.3) is 11.5 Å². The zero-order valence-corrected chi connectivity index (χ0v) is 16.4. The first-order valence-electron chi connectivity index (χ1n) is 9.35. The lowest BCUT2D eigenvalue weighted by Gasteiger charge is -2.32. The molecular formula is C18H23N5O4S. The Kier molecular flexibility index (Phi) is 5.07. The Hall–Kier alpha value is -2.46. The van der Waals surface area contributed by atoms with Gasteiger partial charge in [0.1, 0.15) is 0 Å². The van der Waals surface area contributed by atoms with Crippen molar-refractivity contribution in [2.24, 2.45) is 0 Å². The zero-order chi connectivity index (χ0) is 19.7. The molecule has 2 aliphatic rings. The minimum atomic E-state index is -3.30. The second kappa shape index (κ2) is 7.51. The quantitative estimate of drug-likeness (QED) is 0.787. The fourth-order valence-electron chi connectivity index (χ4n) is 3.35. The highest BCUT2D eigenvalue weighted by molar-refractivity contribution is 7.88. The van der Waals surface area contributed by atoms with E-state index in [4.69, 9.17) is 4.52 Å². The fraction of sp³-hybridized carbons (Fsp3) is 0.500. The van der Waals surface area contributed by atoms with Gasteiger partial charge < -0.3 is 14.7 Å². The number of likely N-dealkylation sites (tertiary alicyclic amines) is 1. The van der Waals surface area contributed by atoms with Crippen LogP contribution >= 0.6 is 0 Å². The van der Waals surface area contributed by atoms with E-state index in [0.717, 1.165) is 36.9 Å². The van der Waals surface area contributed by atoms with E-state index in [0.29, 0.717) is 37.0 Å². The summed E-state index contributed by atoms with van der Waals surface area (Å²) in [5.41, 5.74) is 1.36. The Morgan fingerprint density at radius 2 is 2.11 bits per heavy atom. The fourth-order valence-corrected chi connectivity index (χ4v) is 4.15. The molecule has 1 aromatic heterocycles. The van der Waals surface area contributed by atoms with Crippen LogP contribution < -0.4 is 10.0 Å². The number of rotatable bonds is 5. The molecule has 1 atom stereocenters. The van der Waals surface area contributed by atoms with Gasteiger partial charge in [0.25, 0.3) is 5.89 Å². The highest BCUT2D eigenvalue weighted by Crippen LogP contribution is 2.39. The molecule has 0 spiro atoms. The molecule has 2 heterocycles. The van der Waals surface area contributed by atoms with Crippen molar-refractivity contribution in [2.75, 3.05) is 24.7 Å². The normalized spacial score (nSPS) is 20.2. The van der Waals surface area contributed by atoms with E-state index < -0.39 is 10.0 Å². The number of carbonyl (C=O) groups is 1. The molecule has 1 aromatic carbocycles. The summed E-state index contributed by atoms with van der Waals surface area (Å²) in [6.45, 7) is 0.925. The van der Waals surface area contributed by atoms with Crippen molar-refractivity contribution < 1.29 is 17.7 Å². The van der Waals surface area contributed by atoms with Crippen molar-refractivity contribution in [3.8, 4) is 11.5 Å². The third-order valence-corrected chi connectivity index (χ3v) is 5.60. The number of carbonyl (C=O) groups excluding carboxylic acids is 1. The van der Waals surface area contributed by atoms with Gasteiger partial charge in [0.05, 0.1) is 6.26 Å². The molecule has 0 bridgehead atoms.